The van der Waals surface area contributed by atoms with E-state index in [2.05, 4.69) is 242 Å². The van der Waals surface area contributed by atoms with Crippen molar-refractivity contribution >= 4 is 129 Å². The number of hydrogen-bond acceptors (Lipinski definition) is 4. The number of hydrogen-bond donors (Lipinski definition) is 0. The summed E-state index contributed by atoms with van der Waals surface area (Å²) in [5.41, 5.74) is 12.0. The second kappa shape index (κ2) is 14.6. The molecule has 0 saturated carbocycles. The molecule has 0 N–H and O–H groups in total. The molecule has 1 aliphatic rings. The summed E-state index contributed by atoms with van der Waals surface area (Å²) in [6.45, 7) is 4.90. The summed E-state index contributed by atoms with van der Waals surface area (Å²) in [5.74, 6) is 0. The van der Waals surface area contributed by atoms with Crippen LogP contribution in [-0.2, 0) is 5.41 Å². The molecule has 11 aromatic carbocycles. The van der Waals surface area contributed by atoms with Crippen molar-refractivity contribution < 1.29 is 0 Å². The number of fused-ring (bicyclic) bond motifs is 16. The Morgan fingerprint density at radius 1 is 0.299 bits per heavy atom. The van der Waals surface area contributed by atoms with Gasteiger partial charge in [-0.15, -0.1) is 22.7 Å². The van der Waals surface area contributed by atoms with Gasteiger partial charge in [-0.2, -0.15) is 0 Å². The second-order valence-corrected chi connectivity index (χ2v) is 20.6. The molecule has 0 aliphatic heterocycles. The minimum atomic E-state index is -0.303. The molecule has 0 saturated heterocycles. The molecule has 2 aromatic heterocycles. The van der Waals surface area contributed by atoms with Crippen molar-refractivity contribution in [3.63, 3.8) is 0 Å². The van der Waals surface area contributed by atoms with Crippen LogP contribution in [0.2, 0.25) is 0 Å². The molecule has 0 spiro atoms. The van der Waals surface area contributed by atoms with Crippen LogP contribution >= 0.6 is 22.7 Å². The molecule has 2 nitrogen and oxygen atoms in total. The van der Waals surface area contributed by atoms with Crippen molar-refractivity contribution in [2.75, 3.05) is 9.80 Å². The Morgan fingerprint density at radius 2 is 0.731 bits per heavy atom. The zero-order valence-electron chi connectivity index (χ0n) is 37.0. The van der Waals surface area contributed by atoms with Crippen molar-refractivity contribution in [2.45, 2.75) is 19.3 Å². The lowest BCUT2D eigenvalue weighted by Crippen LogP contribution is -2.17. The van der Waals surface area contributed by atoms with Gasteiger partial charge < -0.3 is 9.80 Å². The predicted molar refractivity (Wildman–Crippen MR) is 292 cm³/mol. The van der Waals surface area contributed by atoms with Gasteiger partial charge in [0.1, 0.15) is 0 Å². The summed E-state index contributed by atoms with van der Waals surface area (Å²) in [6.07, 6.45) is 0. The van der Waals surface area contributed by atoms with E-state index >= 15 is 0 Å². The summed E-state index contributed by atoms with van der Waals surface area (Å²) in [7, 11) is 0. The van der Waals surface area contributed by atoms with Crippen LogP contribution in [0.5, 0.6) is 0 Å². The standard InChI is InChI=1S/C63H42N2S2/c1-63(2)61-49-26-12-10-22-45(49)55(65(40-19-7-4-8-20-40)43-31-34-59-53(37-43)47-24-14-16-28-57(47)67-59)38-54(61)60-48-25-11-9-21-44(48)51-35-41(29-32-50(51)62(60)63)64(39-17-5-3-6-18-39)42-30-33-58-52(36-42)46-23-13-15-27-56(46)66-58/h3-38H,1-2H3. The molecule has 0 bridgehead atoms. The fourth-order valence-electron chi connectivity index (χ4n) is 11.5. The minimum absolute atomic E-state index is 0.303. The van der Waals surface area contributed by atoms with E-state index in [1.54, 1.807) is 0 Å². The molecule has 4 heteroatoms. The molecule has 13 aromatic rings. The van der Waals surface area contributed by atoms with Crippen molar-refractivity contribution in [2.24, 2.45) is 0 Å². The van der Waals surface area contributed by atoms with Gasteiger partial charge >= 0.3 is 0 Å². The maximum Gasteiger partial charge on any atom is 0.0546 e. The van der Waals surface area contributed by atoms with Crippen LogP contribution in [-0.4, -0.2) is 0 Å². The fourth-order valence-corrected chi connectivity index (χ4v) is 13.7. The van der Waals surface area contributed by atoms with Gasteiger partial charge in [0.05, 0.1) is 5.69 Å². The summed E-state index contributed by atoms with van der Waals surface area (Å²) in [6, 6.07) is 81.3. The molecule has 0 atom stereocenters. The highest BCUT2D eigenvalue weighted by Gasteiger charge is 2.41. The smallest absolute Gasteiger partial charge is 0.0546 e. The SMILES string of the molecule is CC1(C)c2c(cc(N(c3ccccc3)c3ccc4sc5ccccc5c4c3)c3ccccc23)-c2c1c1ccc(N(c3ccccc3)c3ccc4sc5ccccc5c4c3)cc1c1ccccc21. The minimum Gasteiger partial charge on any atom is -0.310 e. The molecular weight excluding hydrogens is 849 g/mol. The van der Waals surface area contributed by atoms with Crippen molar-refractivity contribution in [1.82, 2.24) is 0 Å². The highest BCUT2D eigenvalue weighted by atomic mass is 32.1. The van der Waals surface area contributed by atoms with E-state index in [0.717, 1.165) is 28.4 Å². The monoisotopic (exact) mass is 890 g/mol. The zero-order chi connectivity index (χ0) is 44.4. The Bertz CT molecular complexity index is 4140. The van der Waals surface area contributed by atoms with Crippen molar-refractivity contribution in [1.29, 1.82) is 0 Å². The average Bonchev–Trinajstić information content (AvgIpc) is 4.02. The van der Waals surface area contributed by atoms with Gasteiger partial charge in [0.15, 0.2) is 0 Å². The van der Waals surface area contributed by atoms with Gasteiger partial charge in [0.25, 0.3) is 0 Å². The van der Waals surface area contributed by atoms with Crippen LogP contribution in [0.3, 0.4) is 0 Å². The van der Waals surface area contributed by atoms with E-state index < -0.39 is 0 Å². The van der Waals surface area contributed by atoms with Gasteiger partial charge in [0, 0.05) is 79.6 Å². The summed E-state index contributed by atoms with van der Waals surface area (Å²) < 4.78 is 5.24. The second-order valence-electron chi connectivity index (χ2n) is 18.4. The molecule has 2 heterocycles. The van der Waals surface area contributed by atoms with Crippen molar-refractivity contribution in [3.05, 3.63) is 230 Å². The van der Waals surface area contributed by atoms with E-state index in [1.807, 2.05) is 22.7 Å². The number of anilines is 6. The average molecular weight is 891 g/mol. The molecule has 316 valence electrons. The van der Waals surface area contributed by atoms with Gasteiger partial charge in [-0.05, 0) is 140 Å². The van der Waals surface area contributed by atoms with Crippen LogP contribution in [0.1, 0.15) is 25.0 Å². The molecule has 0 radical (unpaired) electrons. The van der Waals surface area contributed by atoms with E-state index in [9.17, 15) is 0 Å². The Kier molecular flexibility index (Phi) is 8.40. The third-order valence-electron chi connectivity index (χ3n) is 14.3. The molecule has 0 unspecified atom stereocenters. The van der Waals surface area contributed by atoms with Gasteiger partial charge in [-0.3, -0.25) is 0 Å². The number of rotatable bonds is 6. The molecule has 67 heavy (non-hydrogen) atoms. The highest BCUT2D eigenvalue weighted by Crippen LogP contribution is 2.59. The van der Waals surface area contributed by atoms with Gasteiger partial charge in [0.2, 0.25) is 0 Å². The van der Waals surface area contributed by atoms with Crippen LogP contribution < -0.4 is 9.80 Å². The Hall–Kier alpha value is -7.76. The Morgan fingerprint density at radius 3 is 1.34 bits per heavy atom. The number of para-hydroxylation sites is 2. The lowest BCUT2D eigenvalue weighted by atomic mass is 9.77. The molecule has 0 fully saturated rings. The first kappa shape index (κ1) is 38.5. The third kappa shape index (κ3) is 5.73. The summed E-state index contributed by atoms with van der Waals surface area (Å²) in [4.78, 5) is 4.92. The summed E-state index contributed by atoms with van der Waals surface area (Å²) >= 11 is 3.73. The van der Waals surface area contributed by atoms with Crippen LogP contribution in [0.25, 0.3) is 83.8 Å². The van der Waals surface area contributed by atoms with E-state index in [0.29, 0.717) is 0 Å². The molecular formula is C63H42N2S2. The van der Waals surface area contributed by atoms with E-state index in [-0.39, 0.29) is 5.41 Å². The van der Waals surface area contributed by atoms with Crippen LogP contribution in [0.4, 0.5) is 34.1 Å². The van der Waals surface area contributed by atoms with Gasteiger partial charge in [-0.1, -0.05) is 141 Å². The van der Waals surface area contributed by atoms with Crippen LogP contribution in [0.15, 0.2) is 218 Å². The van der Waals surface area contributed by atoms with E-state index in [1.165, 1.54) is 101 Å². The van der Waals surface area contributed by atoms with Crippen LogP contribution in [0, 0.1) is 0 Å². The zero-order valence-corrected chi connectivity index (χ0v) is 38.6. The lowest BCUT2D eigenvalue weighted by Gasteiger charge is -2.30. The normalized spacial score (nSPS) is 13.0. The number of thiophene rings is 2. The maximum absolute atomic E-state index is 2.52. The first-order valence-electron chi connectivity index (χ1n) is 23.1. The molecule has 1 aliphatic carbocycles. The first-order valence-corrected chi connectivity index (χ1v) is 24.7. The largest absolute Gasteiger partial charge is 0.310 e. The molecule has 14 rings (SSSR count). The fraction of sp³-hybridized carbons (Fsp3) is 0.0476. The number of benzene rings is 11. The topological polar surface area (TPSA) is 6.48 Å². The van der Waals surface area contributed by atoms with Gasteiger partial charge in [-0.25, -0.2) is 0 Å². The highest BCUT2D eigenvalue weighted by molar-refractivity contribution is 7.26. The summed E-state index contributed by atoms with van der Waals surface area (Å²) in [5, 5.41) is 12.8. The third-order valence-corrected chi connectivity index (χ3v) is 16.6. The van der Waals surface area contributed by atoms with Crippen molar-refractivity contribution in [3.8, 4) is 11.1 Å². The Labute approximate surface area is 396 Å². The Balaban J connectivity index is 1.01. The molecule has 0 amide bonds. The first-order chi connectivity index (χ1) is 33.0. The number of nitrogens with zero attached hydrogens (tertiary/aromatic N) is 2. The lowest BCUT2D eigenvalue weighted by molar-refractivity contribution is 0.672. The quantitative estimate of drug-likeness (QED) is 0.154. The van der Waals surface area contributed by atoms with E-state index in [4.69, 9.17) is 0 Å². The maximum atomic E-state index is 2.52. The predicted octanol–water partition coefficient (Wildman–Crippen LogP) is 19.1.